The molecule has 0 unspecified atom stereocenters. The first-order chi connectivity index (χ1) is 13.1. The summed E-state index contributed by atoms with van der Waals surface area (Å²) >= 11 is 5.88. The molecule has 7 nitrogen and oxygen atoms in total. The van der Waals surface area contributed by atoms with Crippen molar-refractivity contribution in [3.63, 3.8) is 0 Å². The van der Waals surface area contributed by atoms with Crippen LogP contribution in [0.15, 0.2) is 4.52 Å². The van der Waals surface area contributed by atoms with E-state index in [0.717, 1.165) is 17.9 Å². The van der Waals surface area contributed by atoms with E-state index in [1.165, 1.54) is 6.92 Å². The Balaban J connectivity index is 1.77. The maximum Gasteiger partial charge on any atom is 0.435 e. The van der Waals surface area contributed by atoms with E-state index in [9.17, 15) is 22.0 Å². The second-order valence-corrected chi connectivity index (χ2v) is 7.12. The maximum atomic E-state index is 13.5. The first-order valence-electron chi connectivity index (χ1n) is 8.42. The Morgan fingerprint density at radius 1 is 1.25 bits per heavy atom. The lowest BCUT2D eigenvalue weighted by molar-refractivity contribution is -0.141. The van der Waals surface area contributed by atoms with Crippen molar-refractivity contribution in [1.29, 1.82) is 0 Å². The molecule has 0 spiro atoms. The zero-order valence-electron chi connectivity index (χ0n) is 14.4. The standard InChI is InChI=1S/C15H14ClF5N6O/c1-6-14(17,18)5-27(6)13-23-9(8(16)10(24-13)15(19,20)21)11-25-12(28-26-11)7-2-3-22-4-7/h6-7,22H,2-5H2,1H3/t6-,7+/m0/s1. The predicted octanol–water partition coefficient (Wildman–Crippen LogP) is 3.12. The lowest BCUT2D eigenvalue weighted by atomic mass is 10.0. The van der Waals surface area contributed by atoms with Crippen LogP contribution < -0.4 is 10.2 Å². The second kappa shape index (κ2) is 6.48. The molecule has 0 radical (unpaired) electrons. The molecule has 4 heterocycles. The van der Waals surface area contributed by atoms with Gasteiger partial charge in [-0.2, -0.15) is 18.2 Å². The summed E-state index contributed by atoms with van der Waals surface area (Å²) in [5.74, 6) is -3.64. The zero-order chi connectivity index (χ0) is 20.3. The van der Waals surface area contributed by atoms with Crippen LogP contribution in [-0.2, 0) is 6.18 Å². The summed E-state index contributed by atoms with van der Waals surface area (Å²) < 4.78 is 72.3. The third-order valence-electron chi connectivity index (χ3n) is 4.89. The smallest absolute Gasteiger partial charge is 0.339 e. The highest BCUT2D eigenvalue weighted by Gasteiger charge is 2.53. The van der Waals surface area contributed by atoms with Gasteiger partial charge in [0.25, 0.3) is 5.92 Å². The van der Waals surface area contributed by atoms with Gasteiger partial charge in [0.15, 0.2) is 5.69 Å². The lowest BCUT2D eigenvalue weighted by Crippen LogP contribution is -2.64. The van der Waals surface area contributed by atoms with E-state index >= 15 is 0 Å². The molecule has 152 valence electrons. The third kappa shape index (κ3) is 3.17. The SMILES string of the molecule is C[C@@H]1N(c2nc(-c3noc([C@@H]4CCNC4)n3)c(Cl)c(C(F)(F)F)n2)CC1(F)F. The molecule has 2 saturated heterocycles. The third-order valence-corrected chi connectivity index (χ3v) is 5.25. The van der Waals surface area contributed by atoms with Crippen LogP contribution in [0.4, 0.5) is 27.9 Å². The molecule has 0 bridgehead atoms. The monoisotopic (exact) mass is 424 g/mol. The Kier molecular flexibility index (Phi) is 4.45. The van der Waals surface area contributed by atoms with Crippen molar-refractivity contribution in [2.24, 2.45) is 0 Å². The number of rotatable bonds is 3. The Hall–Kier alpha value is -2.08. The number of hydrogen-bond acceptors (Lipinski definition) is 7. The zero-order valence-corrected chi connectivity index (χ0v) is 15.2. The fourth-order valence-electron chi connectivity index (χ4n) is 3.12. The van der Waals surface area contributed by atoms with Crippen molar-refractivity contribution in [3.8, 4) is 11.5 Å². The van der Waals surface area contributed by atoms with Crippen LogP contribution in [-0.4, -0.2) is 51.7 Å². The summed E-state index contributed by atoms with van der Waals surface area (Å²) in [5.41, 5.74) is -1.85. The molecule has 2 aromatic rings. The Morgan fingerprint density at radius 3 is 2.57 bits per heavy atom. The van der Waals surface area contributed by atoms with Gasteiger partial charge in [0.2, 0.25) is 17.7 Å². The van der Waals surface area contributed by atoms with Crippen LogP contribution in [0, 0.1) is 0 Å². The molecule has 2 aliphatic heterocycles. The predicted molar refractivity (Wildman–Crippen MR) is 87.3 cm³/mol. The number of anilines is 1. The summed E-state index contributed by atoms with van der Waals surface area (Å²) in [6, 6.07) is -1.35. The van der Waals surface area contributed by atoms with Crippen molar-refractivity contribution in [2.45, 2.75) is 37.4 Å². The number of nitrogens with one attached hydrogen (secondary N) is 1. The molecule has 1 N–H and O–H groups in total. The number of aromatic nitrogens is 4. The second-order valence-electron chi connectivity index (χ2n) is 6.74. The van der Waals surface area contributed by atoms with Crippen LogP contribution in [0.1, 0.15) is 30.8 Å². The lowest BCUT2D eigenvalue weighted by Gasteiger charge is -2.45. The van der Waals surface area contributed by atoms with Crippen LogP contribution in [0.2, 0.25) is 5.02 Å². The molecule has 2 fully saturated rings. The first-order valence-corrected chi connectivity index (χ1v) is 8.79. The largest absolute Gasteiger partial charge is 0.435 e. The van der Waals surface area contributed by atoms with Crippen molar-refractivity contribution < 1.29 is 26.5 Å². The van der Waals surface area contributed by atoms with Crippen molar-refractivity contribution in [1.82, 2.24) is 25.4 Å². The summed E-state index contributed by atoms with van der Waals surface area (Å²) in [5, 5.41) is 5.98. The van der Waals surface area contributed by atoms with Gasteiger partial charge in [-0.15, -0.1) is 0 Å². The van der Waals surface area contributed by atoms with E-state index < -0.39 is 47.0 Å². The molecule has 0 aromatic carbocycles. The van der Waals surface area contributed by atoms with Gasteiger partial charge in [-0.25, -0.2) is 18.7 Å². The molecule has 4 rings (SSSR count). The van der Waals surface area contributed by atoms with Gasteiger partial charge in [0.05, 0.1) is 18.5 Å². The van der Waals surface area contributed by atoms with Crippen LogP contribution in [0.5, 0.6) is 0 Å². The highest BCUT2D eigenvalue weighted by molar-refractivity contribution is 6.33. The molecule has 0 amide bonds. The number of alkyl halides is 5. The van der Waals surface area contributed by atoms with E-state index in [0.29, 0.717) is 6.54 Å². The maximum absolute atomic E-state index is 13.5. The average Bonchev–Trinajstić information content (AvgIpc) is 3.30. The van der Waals surface area contributed by atoms with E-state index in [2.05, 4.69) is 25.4 Å². The minimum absolute atomic E-state index is 0.0717. The van der Waals surface area contributed by atoms with E-state index in [1.54, 1.807) is 0 Å². The van der Waals surface area contributed by atoms with Crippen LogP contribution in [0.3, 0.4) is 0 Å². The summed E-state index contributed by atoms with van der Waals surface area (Å²) in [4.78, 5) is 12.4. The van der Waals surface area contributed by atoms with Gasteiger partial charge in [-0.05, 0) is 19.9 Å². The fraction of sp³-hybridized carbons (Fsp3) is 0.600. The summed E-state index contributed by atoms with van der Waals surface area (Å²) in [6.07, 6.45) is -4.18. The highest BCUT2D eigenvalue weighted by Crippen LogP contribution is 2.42. The molecule has 28 heavy (non-hydrogen) atoms. The topological polar surface area (TPSA) is 80.0 Å². The molecular formula is C15H14ClF5N6O. The Morgan fingerprint density at radius 2 is 2.00 bits per heavy atom. The molecule has 0 aliphatic carbocycles. The Bertz CT molecular complexity index is 898. The molecule has 2 atom stereocenters. The minimum Gasteiger partial charge on any atom is -0.339 e. The van der Waals surface area contributed by atoms with Crippen LogP contribution >= 0.6 is 11.6 Å². The minimum atomic E-state index is -4.91. The van der Waals surface area contributed by atoms with Gasteiger partial charge >= 0.3 is 6.18 Å². The summed E-state index contributed by atoms with van der Waals surface area (Å²) in [7, 11) is 0. The molecule has 2 aliphatic rings. The van der Waals surface area contributed by atoms with Crippen molar-refractivity contribution in [2.75, 3.05) is 24.5 Å². The van der Waals surface area contributed by atoms with Gasteiger partial charge in [0, 0.05) is 6.54 Å². The normalized spacial score (nSPS) is 24.5. The van der Waals surface area contributed by atoms with Crippen molar-refractivity contribution in [3.05, 3.63) is 16.6 Å². The first kappa shape index (κ1) is 19.2. The van der Waals surface area contributed by atoms with E-state index in [-0.39, 0.29) is 17.6 Å². The van der Waals surface area contributed by atoms with Gasteiger partial charge < -0.3 is 14.7 Å². The van der Waals surface area contributed by atoms with E-state index in [1.807, 2.05) is 0 Å². The van der Waals surface area contributed by atoms with Crippen molar-refractivity contribution >= 4 is 17.5 Å². The molecular weight excluding hydrogens is 411 g/mol. The average molecular weight is 425 g/mol. The number of halogens is 6. The number of hydrogen-bond donors (Lipinski definition) is 1. The molecule has 13 heteroatoms. The highest BCUT2D eigenvalue weighted by atomic mass is 35.5. The van der Waals surface area contributed by atoms with Gasteiger partial charge in [-0.3, -0.25) is 0 Å². The van der Waals surface area contributed by atoms with Gasteiger partial charge in [-0.1, -0.05) is 16.8 Å². The Labute approximate surface area is 160 Å². The molecule has 2 aromatic heterocycles. The molecule has 0 saturated carbocycles. The van der Waals surface area contributed by atoms with Crippen LogP contribution in [0.25, 0.3) is 11.5 Å². The number of nitrogens with zero attached hydrogens (tertiary/aromatic N) is 5. The quantitative estimate of drug-likeness (QED) is 0.758. The van der Waals surface area contributed by atoms with E-state index in [4.69, 9.17) is 16.1 Å². The van der Waals surface area contributed by atoms with Gasteiger partial charge in [0.1, 0.15) is 10.7 Å². The fourth-order valence-corrected chi connectivity index (χ4v) is 3.39. The summed E-state index contributed by atoms with van der Waals surface area (Å²) in [6.45, 7) is 1.73.